The van der Waals surface area contributed by atoms with Crippen molar-refractivity contribution in [1.29, 1.82) is 0 Å². The summed E-state index contributed by atoms with van der Waals surface area (Å²) in [4.78, 5) is 9.55. The molecule has 0 fully saturated rings. The monoisotopic (exact) mass is 354 g/mol. The molecule has 2 aromatic heterocycles. The van der Waals surface area contributed by atoms with E-state index in [1.54, 1.807) is 6.20 Å². The van der Waals surface area contributed by atoms with E-state index >= 15 is 0 Å². The molecule has 2 aromatic carbocycles. The average molecular weight is 354 g/mol. The number of benzene rings is 2. The van der Waals surface area contributed by atoms with Crippen LogP contribution in [0.5, 0.6) is 0 Å². The first kappa shape index (κ1) is 17.0. The molecule has 0 aliphatic carbocycles. The van der Waals surface area contributed by atoms with E-state index in [0.717, 1.165) is 28.6 Å². The lowest BCUT2D eigenvalue weighted by Gasteiger charge is -2.09. The maximum atomic E-state index is 4.97. The molecule has 27 heavy (non-hydrogen) atoms. The minimum Gasteiger partial charge on any atom is -0.226 e. The van der Waals surface area contributed by atoms with Crippen molar-refractivity contribution in [2.45, 2.75) is 6.92 Å². The van der Waals surface area contributed by atoms with E-state index in [-0.39, 0.29) is 0 Å². The van der Waals surface area contributed by atoms with E-state index in [0.29, 0.717) is 0 Å². The molecule has 0 atom stereocenters. The summed E-state index contributed by atoms with van der Waals surface area (Å²) in [5, 5.41) is 0. The van der Waals surface area contributed by atoms with Gasteiger partial charge in [0.2, 0.25) is 0 Å². The number of nitrogens with zero attached hydrogens (tertiary/aromatic N) is 4. The van der Waals surface area contributed by atoms with Gasteiger partial charge in [-0.3, -0.25) is 0 Å². The summed E-state index contributed by atoms with van der Waals surface area (Å²) >= 11 is 0. The summed E-state index contributed by atoms with van der Waals surface area (Å²) in [6.07, 6.45) is 3.80. The summed E-state index contributed by atoms with van der Waals surface area (Å²) in [7, 11) is 4.04. The van der Waals surface area contributed by atoms with Crippen LogP contribution in [0.2, 0.25) is 0 Å². The average Bonchev–Trinajstić information content (AvgIpc) is 2.70. The van der Waals surface area contributed by atoms with Gasteiger partial charge >= 0.3 is 11.6 Å². The van der Waals surface area contributed by atoms with Crippen LogP contribution < -0.4 is 9.13 Å². The number of rotatable bonds is 3. The molecule has 0 saturated carbocycles. The summed E-state index contributed by atoms with van der Waals surface area (Å²) in [6.45, 7) is 2.14. The molecule has 4 rings (SSSR count). The highest BCUT2D eigenvalue weighted by Gasteiger charge is 2.29. The minimum atomic E-state index is 0.826. The lowest BCUT2D eigenvalue weighted by molar-refractivity contribution is -0.689. The van der Waals surface area contributed by atoms with E-state index in [9.17, 15) is 0 Å². The second kappa shape index (κ2) is 7.08. The van der Waals surface area contributed by atoms with Crippen molar-refractivity contribution in [3.63, 3.8) is 0 Å². The second-order valence-corrected chi connectivity index (χ2v) is 6.64. The molecule has 0 saturated heterocycles. The number of hydrogen-bond acceptors (Lipinski definition) is 2. The molecule has 0 bridgehead atoms. The maximum Gasteiger partial charge on any atom is 0.419 e. The Labute approximate surface area is 159 Å². The fourth-order valence-corrected chi connectivity index (χ4v) is 3.30. The molecule has 132 valence electrons. The first-order chi connectivity index (χ1) is 13.1. The van der Waals surface area contributed by atoms with Crippen molar-refractivity contribution >= 4 is 0 Å². The Morgan fingerprint density at radius 2 is 1.56 bits per heavy atom. The van der Waals surface area contributed by atoms with Crippen molar-refractivity contribution < 1.29 is 9.13 Å². The Morgan fingerprint density at radius 1 is 0.815 bits per heavy atom. The zero-order valence-electron chi connectivity index (χ0n) is 15.8. The highest BCUT2D eigenvalue weighted by atomic mass is 15.1. The Morgan fingerprint density at radius 3 is 2.30 bits per heavy atom. The molecule has 0 aliphatic heterocycles. The summed E-state index contributed by atoms with van der Waals surface area (Å²) in [5.41, 5.74) is 5.57. The lowest BCUT2D eigenvalue weighted by Crippen LogP contribution is -2.42. The predicted octanol–water partition coefficient (Wildman–Crippen LogP) is 3.44. The number of aromatic nitrogens is 4. The highest BCUT2D eigenvalue weighted by molar-refractivity contribution is 5.69. The zero-order chi connectivity index (χ0) is 18.8. The largest absolute Gasteiger partial charge is 0.419 e. The summed E-state index contributed by atoms with van der Waals surface area (Å²) < 4.78 is 4.12. The van der Waals surface area contributed by atoms with Gasteiger partial charge in [0.25, 0.3) is 0 Å². The van der Waals surface area contributed by atoms with Crippen LogP contribution in [0.25, 0.3) is 34.2 Å². The van der Waals surface area contributed by atoms with E-state index in [1.807, 2.05) is 49.1 Å². The summed E-state index contributed by atoms with van der Waals surface area (Å²) in [6, 6.07) is 22.8. The van der Waals surface area contributed by atoms with Gasteiger partial charge in [0.05, 0.1) is 20.3 Å². The van der Waals surface area contributed by atoms with E-state index in [4.69, 9.17) is 4.98 Å². The van der Waals surface area contributed by atoms with Crippen LogP contribution in [0.15, 0.2) is 79.1 Å². The van der Waals surface area contributed by atoms with E-state index < -0.39 is 0 Å². The van der Waals surface area contributed by atoms with Crippen LogP contribution in [-0.4, -0.2) is 9.97 Å². The van der Waals surface area contributed by atoms with E-state index in [1.165, 1.54) is 11.1 Å². The third kappa shape index (κ3) is 3.22. The van der Waals surface area contributed by atoms with Gasteiger partial charge in [-0.1, -0.05) is 54.6 Å². The van der Waals surface area contributed by atoms with Gasteiger partial charge in [-0.2, -0.15) is 0 Å². The quantitative estimate of drug-likeness (QED) is 0.528. The molecule has 0 aliphatic rings. The number of hydrogen-bond donors (Lipinski definition) is 0. The Balaban J connectivity index is 2.03. The van der Waals surface area contributed by atoms with Crippen molar-refractivity contribution in [1.82, 2.24) is 9.97 Å². The normalized spacial score (nSPS) is 10.8. The Bertz CT molecular complexity index is 1040. The van der Waals surface area contributed by atoms with Crippen molar-refractivity contribution in [2.75, 3.05) is 0 Å². The van der Waals surface area contributed by atoms with Crippen LogP contribution in [0.1, 0.15) is 5.56 Å². The third-order valence-corrected chi connectivity index (χ3v) is 4.80. The topological polar surface area (TPSA) is 33.5 Å². The van der Waals surface area contributed by atoms with Crippen LogP contribution in [0.3, 0.4) is 0 Å². The van der Waals surface area contributed by atoms with Crippen LogP contribution >= 0.6 is 0 Å². The Kier molecular flexibility index (Phi) is 4.47. The molecule has 0 N–H and O–H groups in total. The van der Waals surface area contributed by atoms with Gasteiger partial charge in [-0.15, -0.1) is 0 Å². The summed E-state index contributed by atoms with van der Waals surface area (Å²) in [5.74, 6) is 1.66. The SMILES string of the molecule is Cc1ccccc1-c1cc(-c2ccccc2)nc(-c2nccc[n+]2C)[n+]1C. The van der Waals surface area contributed by atoms with Gasteiger partial charge in [0.15, 0.2) is 5.69 Å². The predicted molar refractivity (Wildman–Crippen MR) is 105 cm³/mol. The maximum absolute atomic E-state index is 4.97. The van der Waals surface area contributed by atoms with Crippen LogP contribution in [0.4, 0.5) is 0 Å². The van der Waals surface area contributed by atoms with Crippen LogP contribution in [-0.2, 0) is 14.1 Å². The zero-order valence-corrected chi connectivity index (χ0v) is 15.8. The smallest absolute Gasteiger partial charge is 0.226 e. The van der Waals surface area contributed by atoms with Gasteiger partial charge in [0, 0.05) is 23.3 Å². The van der Waals surface area contributed by atoms with E-state index in [2.05, 4.69) is 58.9 Å². The number of aryl methyl sites for hydroxylation is 2. The highest BCUT2D eigenvalue weighted by Crippen LogP contribution is 2.26. The standard InChI is InChI=1S/C23H22N4/c1-17-10-7-8-13-19(17)21-16-20(18-11-5-4-6-12-18)25-23(27(21)3)22-24-14-9-15-26(22)2/h4-16H,1-3H3/q+2. The lowest BCUT2D eigenvalue weighted by atomic mass is 10.0. The molecule has 4 nitrogen and oxygen atoms in total. The van der Waals surface area contributed by atoms with Gasteiger partial charge in [0.1, 0.15) is 11.9 Å². The molecule has 0 unspecified atom stereocenters. The van der Waals surface area contributed by atoms with Crippen molar-refractivity contribution in [3.05, 3.63) is 84.7 Å². The van der Waals surface area contributed by atoms with Crippen molar-refractivity contribution in [3.8, 4) is 34.2 Å². The minimum absolute atomic E-state index is 0.826. The third-order valence-electron chi connectivity index (χ3n) is 4.80. The van der Waals surface area contributed by atoms with Crippen molar-refractivity contribution in [2.24, 2.45) is 14.1 Å². The van der Waals surface area contributed by atoms with Crippen LogP contribution in [0, 0.1) is 6.92 Å². The van der Waals surface area contributed by atoms with Gasteiger partial charge in [-0.05, 0) is 22.5 Å². The molecule has 4 heteroatoms. The molecule has 0 amide bonds. The molecule has 0 spiro atoms. The first-order valence-corrected chi connectivity index (χ1v) is 8.98. The fraction of sp³-hybridized carbons (Fsp3) is 0.130. The molecular formula is C23H22N4+2. The van der Waals surface area contributed by atoms with Gasteiger partial charge in [-0.25, -0.2) is 9.13 Å². The first-order valence-electron chi connectivity index (χ1n) is 8.98. The van der Waals surface area contributed by atoms with Gasteiger partial charge < -0.3 is 0 Å². The Hall–Kier alpha value is -3.40. The molecule has 4 aromatic rings. The molecule has 2 heterocycles. The fourth-order valence-electron chi connectivity index (χ4n) is 3.30. The molecular weight excluding hydrogens is 332 g/mol. The molecule has 0 radical (unpaired) electrons. The second-order valence-electron chi connectivity index (χ2n) is 6.64.